The van der Waals surface area contributed by atoms with Gasteiger partial charge < -0.3 is 10.5 Å². The first-order valence-corrected chi connectivity index (χ1v) is 6.62. The van der Waals surface area contributed by atoms with E-state index in [9.17, 15) is 17.2 Å². The van der Waals surface area contributed by atoms with E-state index in [4.69, 9.17) is 10.5 Å². The highest BCUT2D eigenvalue weighted by atomic mass is 32.2. The topological polar surface area (TPSA) is 81.4 Å². The van der Waals surface area contributed by atoms with E-state index < -0.39 is 15.8 Å². The summed E-state index contributed by atoms with van der Waals surface area (Å²) in [6.45, 7) is 0.129. The van der Waals surface area contributed by atoms with Crippen LogP contribution in [0, 0.1) is 11.8 Å². The van der Waals surface area contributed by atoms with Crippen molar-refractivity contribution in [1.82, 2.24) is 0 Å². The summed E-state index contributed by atoms with van der Waals surface area (Å²) in [6.07, 6.45) is 0. The van der Waals surface area contributed by atoms with Gasteiger partial charge in [0, 0.05) is 5.56 Å². The molecular weight excluding hydrogens is 278 g/mol. The van der Waals surface area contributed by atoms with Gasteiger partial charge in [0.25, 0.3) is 10.0 Å². The van der Waals surface area contributed by atoms with E-state index in [1.54, 1.807) is 10.8 Å². The maximum Gasteiger partial charge on any atom is 0.355 e. The van der Waals surface area contributed by atoms with Crippen LogP contribution < -0.4 is 15.2 Å². The largest absolute Gasteiger partial charge is 0.495 e. The Bertz CT molecular complexity index is 606. The number of halogens is 2. The zero-order valence-corrected chi connectivity index (χ0v) is 10.8. The van der Waals surface area contributed by atoms with Crippen LogP contribution >= 0.6 is 0 Å². The van der Waals surface area contributed by atoms with E-state index in [0.717, 1.165) is 0 Å². The Labute approximate surface area is 109 Å². The quantitative estimate of drug-likeness (QED) is 0.810. The molecule has 0 saturated carbocycles. The first-order valence-electron chi connectivity index (χ1n) is 5.07. The molecule has 1 aromatic rings. The third kappa shape index (κ3) is 4.08. The molecule has 104 valence electrons. The number of hydrogen-bond donors (Lipinski definition) is 2. The van der Waals surface area contributed by atoms with Gasteiger partial charge in [0.15, 0.2) is 0 Å². The lowest BCUT2D eigenvalue weighted by atomic mass is 10.2. The molecule has 0 fully saturated rings. The molecule has 0 amide bonds. The van der Waals surface area contributed by atoms with Crippen molar-refractivity contribution in [2.45, 2.75) is 5.76 Å². The Balaban J connectivity index is 3.17. The molecule has 1 aromatic carbocycles. The average Bonchev–Trinajstić information content (AvgIpc) is 2.36. The predicted molar refractivity (Wildman–Crippen MR) is 67.5 cm³/mol. The molecule has 0 atom stereocenters. The van der Waals surface area contributed by atoms with Gasteiger partial charge in [0.1, 0.15) is 5.75 Å². The maximum absolute atomic E-state index is 12.3. The number of alkyl halides is 2. The van der Waals surface area contributed by atoms with Gasteiger partial charge in [-0.05, 0) is 18.2 Å². The van der Waals surface area contributed by atoms with E-state index in [0.29, 0.717) is 5.56 Å². The molecule has 0 aromatic heterocycles. The number of nitrogens with one attached hydrogen (secondary N) is 1. The normalized spacial score (nSPS) is 10.8. The standard InChI is InChI=1S/C11H12F2N2O3S/c1-18-10-5-4-8(3-2-6-14)7-9(10)15-19(16,17)11(12)13/h4-5,7,11,15H,6,14H2,1H3. The molecule has 0 heterocycles. The second-order valence-electron chi connectivity index (χ2n) is 3.33. The Hall–Kier alpha value is -1.85. The molecule has 0 spiro atoms. The highest BCUT2D eigenvalue weighted by molar-refractivity contribution is 7.93. The van der Waals surface area contributed by atoms with Crippen molar-refractivity contribution in [2.75, 3.05) is 18.4 Å². The average molecular weight is 290 g/mol. The van der Waals surface area contributed by atoms with E-state index >= 15 is 0 Å². The van der Waals surface area contributed by atoms with Crippen molar-refractivity contribution >= 4 is 15.7 Å². The minimum absolute atomic E-state index is 0.105. The second-order valence-corrected chi connectivity index (χ2v) is 4.98. The fourth-order valence-corrected chi connectivity index (χ4v) is 1.77. The molecule has 0 aliphatic rings. The maximum atomic E-state index is 12.3. The summed E-state index contributed by atoms with van der Waals surface area (Å²) >= 11 is 0. The van der Waals surface area contributed by atoms with Gasteiger partial charge >= 0.3 is 5.76 Å². The fraction of sp³-hybridized carbons (Fsp3) is 0.273. The molecule has 8 heteroatoms. The van der Waals surface area contributed by atoms with Crippen LogP contribution in [0.25, 0.3) is 0 Å². The zero-order chi connectivity index (χ0) is 14.5. The van der Waals surface area contributed by atoms with Crippen LogP contribution in [0.15, 0.2) is 18.2 Å². The van der Waals surface area contributed by atoms with Crippen molar-refractivity contribution in [3.05, 3.63) is 23.8 Å². The van der Waals surface area contributed by atoms with Gasteiger partial charge in [-0.3, -0.25) is 4.72 Å². The van der Waals surface area contributed by atoms with E-state index in [1.807, 2.05) is 0 Å². The molecule has 1 rings (SSSR count). The summed E-state index contributed by atoms with van der Waals surface area (Å²) in [5.41, 5.74) is 5.53. The van der Waals surface area contributed by atoms with Gasteiger partial charge in [-0.15, -0.1) is 0 Å². The van der Waals surface area contributed by atoms with E-state index in [-0.39, 0.29) is 18.0 Å². The van der Waals surface area contributed by atoms with Gasteiger partial charge in [0.2, 0.25) is 0 Å². The first kappa shape index (κ1) is 15.2. The summed E-state index contributed by atoms with van der Waals surface area (Å²) in [5, 5.41) is 0. The summed E-state index contributed by atoms with van der Waals surface area (Å²) in [6, 6.07) is 4.27. The molecule has 0 radical (unpaired) electrons. The highest BCUT2D eigenvalue weighted by Crippen LogP contribution is 2.27. The lowest BCUT2D eigenvalue weighted by molar-refractivity contribution is 0.236. The van der Waals surface area contributed by atoms with Crippen LogP contribution in [0.2, 0.25) is 0 Å². The molecule has 0 aliphatic heterocycles. The van der Waals surface area contributed by atoms with Gasteiger partial charge in [-0.2, -0.15) is 8.78 Å². The number of benzene rings is 1. The minimum Gasteiger partial charge on any atom is -0.495 e. The summed E-state index contributed by atoms with van der Waals surface area (Å²) in [4.78, 5) is 0. The Kier molecular flexibility index (Phi) is 5.09. The fourth-order valence-electron chi connectivity index (χ4n) is 1.22. The zero-order valence-electron chi connectivity index (χ0n) is 9.98. The highest BCUT2D eigenvalue weighted by Gasteiger charge is 2.25. The number of methoxy groups -OCH3 is 1. The lowest BCUT2D eigenvalue weighted by Gasteiger charge is -2.11. The smallest absolute Gasteiger partial charge is 0.355 e. The predicted octanol–water partition coefficient (Wildman–Crippen LogP) is 0.970. The van der Waals surface area contributed by atoms with Crippen LogP contribution in [0.4, 0.5) is 14.5 Å². The molecule has 19 heavy (non-hydrogen) atoms. The summed E-state index contributed by atoms with van der Waals surface area (Å²) in [5.74, 6) is 1.81. The van der Waals surface area contributed by atoms with Crippen LogP contribution in [0.1, 0.15) is 5.56 Å². The molecule has 0 unspecified atom stereocenters. The third-order valence-corrected chi connectivity index (χ3v) is 2.99. The third-order valence-electron chi connectivity index (χ3n) is 2.02. The Morgan fingerprint density at radius 1 is 1.47 bits per heavy atom. The number of anilines is 1. The number of hydrogen-bond acceptors (Lipinski definition) is 4. The molecule has 0 saturated heterocycles. The number of nitrogens with two attached hydrogens (primary N) is 1. The van der Waals surface area contributed by atoms with Crippen molar-refractivity contribution in [1.29, 1.82) is 0 Å². The molecule has 5 nitrogen and oxygen atoms in total. The Morgan fingerprint density at radius 3 is 2.68 bits per heavy atom. The number of ether oxygens (including phenoxy) is 1. The molecule has 0 aliphatic carbocycles. The minimum atomic E-state index is -4.76. The summed E-state index contributed by atoms with van der Waals surface area (Å²) < 4.78 is 53.5. The second kappa shape index (κ2) is 6.36. The van der Waals surface area contributed by atoms with Crippen molar-refractivity contribution in [2.24, 2.45) is 5.73 Å². The van der Waals surface area contributed by atoms with Crippen molar-refractivity contribution in [3.63, 3.8) is 0 Å². The van der Waals surface area contributed by atoms with Crippen LogP contribution in [-0.2, 0) is 10.0 Å². The number of rotatable bonds is 4. The first-order chi connectivity index (χ1) is 8.90. The molecular formula is C11H12F2N2O3S. The van der Waals surface area contributed by atoms with Crippen molar-refractivity contribution < 1.29 is 21.9 Å². The van der Waals surface area contributed by atoms with Crippen LogP contribution in [-0.4, -0.2) is 27.8 Å². The van der Waals surface area contributed by atoms with Crippen LogP contribution in [0.5, 0.6) is 5.75 Å². The summed E-state index contributed by atoms with van der Waals surface area (Å²) in [7, 11) is -3.46. The van der Waals surface area contributed by atoms with Crippen LogP contribution in [0.3, 0.4) is 0 Å². The molecule has 0 bridgehead atoms. The lowest BCUT2D eigenvalue weighted by Crippen LogP contribution is -2.20. The van der Waals surface area contributed by atoms with Crippen molar-refractivity contribution in [3.8, 4) is 17.6 Å². The van der Waals surface area contributed by atoms with Gasteiger partial charge in [-0.25, -0.2) is 8.42 Å². The van der Waals surface area contributed by atoms with Gasteiger partial charge in [0.05, 0.1) is 19.3 Å². The molecule has 3 N–H and O–H groups in total. The number of sulfonamides is 1. The SMILES string of the molecule is COc1ccc(C#CCN)cc1NS(=O)(=O)C(F)F. The van der Waals surface area contributed by atoms with E-state index in [1.165, 1.54) is 19.2 Å². The monoisotopic (exact) mass is 290 g/mol. The Morgan fingerprint density at radius 2 is 2.16 bits per heavy atom. The van der Waals surface area contributed by atoms with Gasteiger partial charge in [-0.1, -0.05) is 11.8 Å². The van der Waals surface area contributed by atoms with E-state index in [2.05, 4.69) is 11.8 Å².